The van der Waals surface area contributed by atoms with Gasteiger partial charge in [0.05, 0.1) is 27.7 Å². The molecule has 0 bridgehead atoms. The molecule has 0 rings (SSSR count). The Labute approximate surface area is 395 Å². The summed E-state index contributed by atoms with van der Waals surface area (Å²) >= 11 is 0. The van der Waals surface area contributed by atoms with Crippen LogP contribution in [0.3, 0.4) is 0 Å². The van der Waals surface area contributed by atoms with Crippen LogP contribution in [0.25, 0.3) is 0 Å². The van der Waals surface area contributed by atoms with E-state index in [-0.39, 0.29) is 32.0 Å². The molecule has 376 valence electrons. The van der Waals surface area contributed by atoms with Gasteiger partial charge >= 0.3 is 11.9 Å². The molecule has 0 aromatic heterocycles. The standard InChI is InChI=1S/C54H102NO8P/c1-6-8-10-12-14-16-18-20-22-24-25-26-27-28-29-31-32-34-36-38-40-42-44-46-53(56)60-50-52(51-62-64(58,59)61-49-48-55(3,4)5)63-54(57)47-45-43-41-39-37-35-33-30-23-21-19-17-15-13-11-9-7-2/h9,11,15,17,21,23,52H,6-8,10,12-14,16,18-20,22,24-51H2,1-5H3/b11-9-,17-15-,23-21-. The zero-order valence-electron chi connectivity index (χ0n) is 42.5. The van der Waals surface area contributed by atoms with Crippen molar-refractivity contribution in [3.63, 3.8) is 0 Å². The summed E-state index contributed by atoms with van der Waals surface area (Å²) < 4.78 is 34.1. The second kappa shape index (κ2) is 46.3. The van der Waals surface area contributed by atoms with Crippen molar-refractivity contribution in [1.29, 1.82) is 0 Å². The maximum absolute atomic E-state index is 12.7. The molecule has 0 spiro atoms. The minimum Gasteiger partial charge on any atom is -0.756 e. The van der Waals surface area contributed by atoms with E-state index >= 15 is 0 Å². The average molecular weight is 924 g/mol. The van der Waals surface area contributed by atoms with Gasteiger partial charge < -0.3 is 27.9 Å². The number of phosphoric acid groups is 1. The summed E-state index contributed by atoms with van der Waals surface area (Å²) in [5, 5.41) is 0. The van der Waals surface area contributed by atoms with Crippen LogP contribution in [0.4, 0.5) is 0 Å². The molecule has 10 heteroatoms. The number of unbranched alkanes of at least 4 members (excludes halogenated alkanes) is 29. The molecule has 0 aromatic carbocycles. The number of carbonyl (C=O) groups is 2. The van der Waals surface area contributed by atoms with E-state index in [1.54, 1.807) is 0 Å². The molecular weight excluding hydrogens is 822 g/mol. The third-order valence-electron chi connectivity index (χ3n) is 11.7. The van der Waals surface area contributed by atoms with E-state index in [4.69, 9.17) is 18.5 Å². The molecular formula is C54H102NO8P. The summed E-state index contributed by atoms with van der Waals surface area (Å²) in [6.45, 7) is 4.15. The second-order valence-corrected chi connectivity index (χ2v) is 20.6. The van der Waals surface area contributed by atoms with Gasteiger partial charge in [0.15, 0.2) is 6.10 Å². The Hall–Kier alpha value is -1.77. The van der Waals surface area contributed by atoms with Crippen LogP contribution >= 0.6 is 7.82 Å². The number of quaternary nitrogens is 1. The number of carbonyl (C=O) groups excluding carboxylic acids is 2. The van der Waals surface area contributed by atoms with Gasteiger partial charge in [-0.3, -0.25) is 14.2 Å². The third-order valence-corrected chi connectivity index (χ3v) is 12.6. The van der Waals surface area contributed by atoms with Crippen LogP contribution in [0.5, 0.6) is 0 Å². The highest BCUT2D eigenvalue weighted by molar-refractivity contribution is 7.45. The van der Waals surface area contributed by atoms with Crippen molar-refractivity contribution < 1.29 is 42.1 Å². The van der Waals surface area contributed by atoms with Gasteiger partial charge in [-0.05, 0) is 44.9 Å². The van der Waals surface area contributed by atoms with Crippen molar-refractivity contribution in [3.8, 4) is 0 Å². The first kappa shape index (κ1) is 62.2. The van der Waals surface area contributed by atoms with Gasteiger partial charge in [0, 0.05) is 12.8 Å². The molecule has 0 saturated carbocycles. The molecule has 0 saturated heterocycles. The van der Waals surface area contributed by atoms with Crippen molar-refractivity contribution in [2.75, 3.05) is 47.5 Å². The zero-order chi connectivity index (χ0) is 47.1. The summed E-state index contributed by atoms with van der Waals surface area (Å²) in [7, 11) is 1.16. The molecule has 0 amide bonds. The molecule has 2 unspecified atom stereocenters. The molecule has 0 aliphatic heterocycles. The van der Waals surface area contributed by atoms with Gasteiger partial charge in [0.1, 0.15) is 19.8 Å². The van der Waals surface area contributed by atoms with Crippen LogP contribution in [0.1, 0.15) is 245 Å². The minimum absolute atomic E-state index is 0.0320. The monoisotopic (exact) mass is 924 g/mol. The van der Waals surface area contributed by atoms with Crippen molar-refractivity contribution in [2.45, 2.75) is 251 Å². The number of hydrogen-bond donors (Lipinski definition) is 0. The Morgan fingerprint density at radius 2 is 0.891 bits per heavy atom. The summed E-state index contributed by atoms with van der Waals surface area (Å²) in [5.74, 6) is -0.835. The Bertz CT molecular complexity index is 1180. The average Bonchev–Trinajstić information content (AvgIpc) is 3.25. The van der Waals surface area contributed by atoms with E-state index in [9.17, 15) is 19.0 Å². The smallest absolute Gasteiger partial charge is 0.306 e. The van der Waals surface area contributed by atoms with Crippen molar-refractivity contribution in [3.05, 3.63) is 36.5 Å². The molecule has 64 heavy (non-hydrogen) atoms. The highest BCUT2D eigenvalue weighted by Gasteiger charge is 2.21. The first-order chi connectivity index (χ1) is 31.0. The molecule has 0 N–H and O–H groups in total. The SMILES string of the molecule is CC/C=C\C/C=C\C/C=C\CCCCCCCCCC(=O)OC(COC(=O)CCCCCCCCCCCCCCCCCCCCCCCCC)COP(=O)([O-])OCC[N+](C)(C)C. The Morgan fingerprint density at radius 3 is 1.33 bits per heavy atom. The number of rotatable bonds is 49. The number of ether oxygens (including phenoxy) is 2. The molecule has 0 radical (unpaired) electrons. The highest BCUT2D eigenvalue weighted by Crippen LogP contribution is 2.38. The van der Waals surface area contributed by atoms with E-state index in [1.165, 1.54) is 148 Å². The maximum Gasteiger partial charge on any atom is 0.306 e. The number of hydrogen-bond acceptors (Lipinski definition) is 8. The van der Waals surface area contributed by atoms with Gasteiger partial charge in [0.2, 0.25) is 0 Å². The molecule has 2 atom stereocenters. The van der Waals surface area contributed by atoms with Gasteiger partial charge in [-0.2, -0.15) is 0 Å². The van der Waals surface area contributed by atoms with Crippen LogP contribution < -0.4 is 4.89 Å². The topological polar surface area (TPSA) is 111 Å². The van der Waals surface area contributed by atoms with Crippen LogP contribution in [0.15, 0.2) is 36.5 Å². The maximum atomic E-state index is 12.7. The largest absolute Gasteiger partial charge is 0.756 e. The first-order valence-electron chi connectivity index (χ1n) is 26.7. The number of nitrogens with zero attached hydrogens (tertiary/aromatic N) is 1. The summed E-state index contributed by atoms with van der Waals surface area (Å²) in [6, 6.07) is 0. The van der Waals surface area contributed by atoms with Gasteiger partial charge in [0.25, 0.3) is 7.82 Å². The van der Waals surface area contributed by atoms with E-state index in [1.807, 2.05) is 21.1 Å². The quantitative estimate of drug-likeness (QED) is 0.0195. The summed E-state index contributed by atoms with van der Waals surface area (Å²) in [5.41, 5.74) is 0. The molecule has 9 nitrogen and oxygen atoms in total. The highest BCUT2D eigenvalue weighted by atomic mass is 31.2. The Kier molecular flexibility index (Phi) is 45.1. The van der Waals surface area contributed by atoms with E-state index in [0.29, 0.717) is 17.4 Å². The first-order valence-corrected chi connectivity index (χ1v) is 28.2. The number of esters is 2. The lowest BCUT2D eigenvalue weighted by atomic mass is 10.0. The molecule has 0 aromatic rings. The van der Waals surface area contributed by atoms with Crippen molar-refractivity contribution in [2.24, 2.45) is 0 Å². The lowest BCUT2D eigenvalue weighted by Crippen LogP contribution is -2.37. The predicted octanol–water partition coefficient (Wildman–Crippen LogP) is 15.4. The number of likely N-dealkylation sites (N-methyl/N-ethyl adjacent to an activating group) is 1. The van der Waals surface area contributed by atoms with Crippen molar-refractivity contribution >= 4 is 19.8 Å². The van der Waals surface area contributed by atoms with Crippen LogP contribution in [-0.4, -0.2) is 70.0 Å². The molecule has 0 heterocycles. The Morgan fingerprint density at radius 1 is 0.500 bits per heavy atom. The lowest BCUT2D eigenvalue weighted by molar-refractivity contribution is -0.870. The molecule has 0 fully saturated rings. The Balaban J connectivity index is 4.17. The normalized spacial score (nSPS) is 13.7. The van der Waals surface area contributed by atoms with Crippen LogP contribution in [-0.2, 0) is 32.7 Å². The van der Waals surface area contributed by atoms with E-state index in [2.05, 4.69) is 50.3 Å². The fraction of sp³-hybridized carbons (Fsp3) is 0.852. The minimum atomic E-state index is -4.63. The van der Waals surface area contributed by atoms with E-state index < -0.39 is 26.5 Å². The van der Waals surface area contributed by atoms with Crippen LogP contribution in [0, 0.1) is 0 Å². The second-order valence-electron chi connectivity index (χ2n) is 19.2. The lowest BCUT2D eigenvalue weighted by Gasteiger charge is -2.28. The summed E-state index contributed by atoms with van der Waals surface area (Å²) in [4.78, 5) is 37.7. The zero-order valence-corrected chi connectivity index (χ0v) is 43.4. The molecule has 0 aliphatic rings. The van der Waals surface area contributed by atoms with Gasteiger partial charge in [-0.15, -0.1) is 0 Å². The number of allylic oxidation sites excluding steroid dienone is 6. The van der Waals surface area contributed by atoms with E-state index in [0.717, 1.165) is 64.2 Å². The van der Waals surface area contributed by atoms with Gasteiger partial charge in [-0.1, -0.05) is 224 Å². The van der Waals surface area contributed by atoms with Gasteiger partial charge in [-0.25, -0.2) is 0 Å². The van der Waals surface area contributed by atoms with Crippen molar-refractivity contribution in [1.82, 2.24) is 0 Å². The fourth-order valence-electron chi connectivity index (χ4n) is 7.55. The summed E-state index contributed by atoms with van der Waals surface area (Å²) in [6.07, 6.45) is 54.7. The number of phosphoric ester groups is 1. The molecule has 0 aliphatic carbocycles. The van der Waals surface area contributed by atoms with Crippen LogP contribution in [0.2, 0.25) is 0 Å². The predicted molar refractivity (Wildman–Crippen MR) is 268 cm³/mol. The third kappa shape index (κ3) is 49.7. The fourth-order valence-corrected chi connectivity index (χ4v) is 8.28.